The molecule has 2 heterocycles. The van der Waals surface area contributed by atoms with Crippen molar-refractivity contribution in [3.63, 3.8) is 0 Å². The number of hydrogen-bond acceptors (Lipinski definition) is 5. The van der Waals surface area contributed by atoms with E-state index in [-0.39, 0.29) is 11.5 Å². The average Bonchev–Trinajstić information content (AvgIpc) is 2.94. The number of nitrogens with zero attached hydrogens (tertiary/aromatic N) is 4. The number of anilines is 1. The Labute approximate surface area is 125 Å². The van der Waals surface area contributed by atoms with Crippen LogP contribution < -0.4 is 4.90 Å². The highest BCUT2D eigenvalue weighted by molar-refractivity contribution is 7.91. The topological polar surface area (TPSA) is 68.1 Å². The number of sulfone groups is 1. The molecule has 6 nitrogen and oxygen atoms in total. The molecule has 0 atom stereocenters. The minimum Gasteiger partial charge on any atom is -0.363 e. The molecule has 2 aromatic rings. The molecule has 2 aromatic heterocycles. The molecule has 2 rings (SSSR count). The Balaban J connectivity index is 2.20. The van der Waals surface area contributed by atoms with Crippen LogP contribution in [0.5, 0.6) is 0 Å². The normalized spacial score (nSPS) is 11.6. The summed E-state index contributed by atoms with van der Waals surface area (Å²) >= 11 is 0. The fourth-order valence-corrected chi connectivity index (χ4v) is 2.68. The summed E-state index contributed by atoms with van der Waals surface area (Å²) in [4.78, 5) is 10.6. The lowest BCUT2D eigenvalue weighted by Gasteiger charge is -2.12. The third-order valence-electron chi connectivity index (χ3n) is 3.26. The Morgan fingerprint density at radius 1 is 1.24 bits per heavy atom. The highest BCUT2D eigenvalue weighted by Crippen LogP contribution is 2.19. The van der Waals surface area contributed by atoms with E-state index in [1.807, 2.05) is 35.7 Å². The van der Waals surface area contributed by atoms with Crippen LogP contribution in [0.3, 0.4) is 0 Å². The molecular formula is C14H20N4O2S. The quantitative estimate of drug-likeness (QED) is 0.808. The smallest absolute Gasteiger partial charge is 0.151 e. The Morgan fingerprint density at radius 2 is 2.00 bits per heavy atom. The van der Waals surface area contributed by atoms with Gasteiger partial charge in [-0.15, -0.1) is 0 Å². The van der Waals surface area contributed by atoms with Crippen molar-refractivity contribution in [3.05, 3.63) is 30.7 Å². The third kappa shape index (κ3) is 3.81. The van der Waals surface area contributed by atoms with E-state index in [1.165, 1.54) is 0 Å². The first kappa shape index (κ1) is 15.5. The number of imidazole rings is 1. The van der Waals surface area contributed by atoms with Crippen LogP contribution in [-0.4, -0.2) is 48.6 Å². The van der Waals surface area contributed by atoms with E-state index < -0.39 is 9.84 Å². The zero-order valence-electron chi connectivity index (χ0n) is 12.5. The lowest BCUT2D eigenvalue weighted by atomic mass is 10.2. The second-order valence-corrected chi connectivity index (χ2v) is 7.45. The fourth-order valence-electron chi connectivity index (χ4n) is 1.91. The Hall–Kier alpha value is -1.89. The number of pyridine rings is 1. The van der Waals surface area contributed by atoms with Gasteiger partial charge < -0.3 is 9.47 Å². The van der Waals surface area contributed by atoms with Crippen molar-refractivity contribution in [2.24, 2.45) is 0 Å². The predicted octanol–water partition coefficient (Wildman–Crippen LogP) is 1.45. The minimum absolute atomic E-state index is 0.121. The molecule has 0 unspecified atom stereocenters. The first-order chi connectivity index (χ1) is 9.93. The van der Waals surface area contributed by atoms with E-state index >= 15 is 0 Å². The van der Waals surface area contributed by atoms with Gasteiger partial charge in [-0.25, -0.2) is 18.4 Å². The van der Waals surface area contributed by atoms with Crippen molar-refractivity contribution in [2.75, 3.05) is 30.5 Å². The van der Waals surface area contributed by atoms with Crippen LogP contribution >= 0.6 is 0 Å². The van der Waals surface area contributed by atoms with Crippen LogP contribution in [0.2, 0.25) is 0 Å². The van der Waals surface area contributed by atoms with Crippen LogP contribution in [0.15, 0.2) is 30.7 Å². The molecule has 7 heteroatoms. The summed E-state index contributed by atoms with van der Waals surface area (Å²) in [5.74, 6) is 1.89. The fraction of sp³-hybridized carbons (Fsp3) is 0.429. The van der Waals surface area contributed by atoms with Gasteiger partial charge in [0.05, 0.1) is 5.75 Å². The molecule has 21 heavy (non-hydrogen) atoms. The van der Waals surface area contributed by atoms with Crippen LogP contribution in [0.1, 0.15) is 6.92 Å². The van der Waals surface area contributed by atoms with E-state index in [0.29, 0.717) is 6.54 Å². The maximum Gasteiger partial charge on any atom is 0.151 e. The van der Waals surface area contributed by atoms with Gasteiger partial charge in [-0.1, -0.05) is 6.92 Å². The van der Waals surface area contributed by atoms with Crippen molar-refractivity contribution in [1.29, 1.82) is 0 Å². The van der Waals surface area contributed by atoms with Crippen molar-refractivity contribution < 1.29 is 8.42 Å². The zero-order valence-corrected chi connectivity index (χ0v) is 13.3. The lowest BCUT2D eigenvalue weighted by Crippen LogP contribution is -2.15. The summed E-state index contributed by atoms with van der Waals surface area (Å²) in [6.07, 6.45) is 5.22. The van der Waals surface area contributed by atoms with Gasteiger partial charge in [0.25, 0.3) is 0 Å². The molecule has 0 aliphatic rings. The minimum atomic E-state index is -2.98. The van der Waals surface area contributed by atoms with Crippen molar-refractivity contribution >= 4 is 15.7 Å². The van der Waals surface area contributed by atoms with Gasteiger partial charge in [-0.05, 0) is 12.1 Å². The zero-order chi connectivity index (χ0) is 15.5. The van der Waals surface area contributed by atoms with Crippen molar-refractivity contribution in [2.45, 2.75) is 13.5 Å². The molecule has 0 aliphatic carbocycles. The summed E-state index contributed by atoms with van der Waals surface area (Å²) in [5.41, 5.74) is 0.875. The molecule has 0 aromatic carbocycles. The van der Waals surface area contributed by atoms with Gasteiger partial charge in [0.2, 0.25) is 0 Å². The number of hydrogen-bond donors (Lipinski definition) is 0. The third-order valence-corrected chi connectivity index (χ3v) is 4.95. The summed E-state index contributed by atoms with van der Waals surface area (Å²) < 4.78 is 25.1. The molecule has 0 amide bonds. The molecule has 0 saturated heterocycles. The van der Waals surface area contributed by atoms with Gasteiger partial charge >= 0.3 is 0 Å². The van der Waals surface area contributed by atoms with Crippen molar-refractivity contribution in [3.8, 4) is 11.4 Å². The maximum absolute atomic E-state index is 11.6. The number of aromatic nitrogens is 3. The highest BCUT2D eigenvalue weighted by atomic mass is 32.2. The Kier molecular flexibility index (Phi) is 4.62. The first-order valence-corrected chi connectivity index (χ1v) is 8.60. The van der Waals surface area contributed by atoms with Crippen LogP contribution in [-0.2, 0) is 16.4 Å². The number of rotatable bonds is 6. The largest absolute Gasteiger partial charge is 0.363 e. The van der Waals surface area contributed by atoms with E-state index in [0.717, 1.165) is 17.2 Å². The molecule has 0 aliphatic heterocycles. The molecule has 0 bridgehead atoms. The summed E-state index contributed by atoms with van der Waals surface area (Å²) in [5, 5.41) is 0. The van der Waals surface area contributed by atoms with E-state index in [4.69, 9.17) is 0 Å². The predicted molar refractivity (Wildman–Crippen MR) is 84.1 cm³/mol. The molecule has 0 N–H and O–H groups in total. The van der Waals surface area contributed by atoms with Gasteiger partial charge in [-0.2, -0.15) is 0 Å². The monoisotopic (exact) mass is 308 g/mol. The van der Waals surface area contributed by atoms with Crippen LogP contribution in [0.4, 0.5) is 5.82 Å². The van der Waals surface area contributed by atoms with Gasteiger partial charge in [0, 0.05) is 50.5 Å². The molecule has 0 saturated carbocycles. The molecular weight excluding hydrogens is 288 g/mol. The second-order valence-electron chi connectivity index (χ2n) is 4.98. The molecule has 0 radical (unpaired) electrons. The maximum atomic E-state index is 11.6. The van der Waals surface area contributed by atoms with Crippen LogP contribution in [0, 0.1) is 0 Å². The molecule has 114 valence electrons. The second kappa shape index (κ2) is 6.26. The Morgan fingerprint density at radius 3 is 2.57 bits per heavy atom. The van der Waals surface area contributed by atoms with Gasteiger partial charge in [0.1, 0.15) is 11.6 Å². The van der Waals surface area contributed by atoms with E-state index in [2.05, 4.69) is 9.97 Å². The van der Waals surface area contributed by atoms with Gasteiger partial charge in [-0.3, -0.25) is 0 Å². The van der Waals surface area contributed by atoms with Gasteiger partial charge in [0.15, 0.2) is 9.84 Å². The SMILES string of the molecule is CCS(=O)(=O)CCn1ccnc1-c1ccc(N(C)C)nc1. The summed E-state index contributed by atoms with van der Waals surface area (Å²) in [6.45, 7) is 2.06. The van der Waals surface area contributed by atoms with Crippen LogP contribution in [0.25, 0.3) is 11.4 Å². The van der Waals surface area contributed by atoms with E-state index in [9.17, 15) is 8.42 Å². The molecule has 0 spiro atoms. The molecule has 0 fully saturated rings. The van der Waals surface area contributed by atoms with Crippen molar-refractivity contribution in [1.82, 2.24) is 14.5 Å². The standard InChI is InChI=1S/C14H20N4O2S/c1-4-21(19,20)10-9-18-8-7-15-14(18)12-5-6-13(16-11-12)17(2)3/h5-8,11H,4,9-10H2,1-3H3. The first-order valence-electron chi connectivity index (χ1n) is 6.78. The summed E-state index contributed by atoms with van der Waals surface area (Å²) in [7, 11) is 0.875. The average molecular weight is 308 g/mol. The highest BCUT2D eigenvalue weighted by Gasteiger charge is 2.11. The summed E-state index contributed by atoms with van der Waals surface area (Å²) in [6, 6.07) is 3.85. The lowest BCUT2D eigenvalue weighted by molar-refractivity contribution is 0.590. The Bertz CT molecular complexity index is 690. The number of aryl methyl sites for hydroxylation is 1. The van der Waals surface area contributed by atoms with E-state index in [1.54, 1.807) is 25.5 Å².